The van der Waals surface area contributed by atoms with E-state index >= 15 is 0 Å². The molecule has 0 aliphatic carbocycles. The molecule has 0 aliphatic heterocycles. The number of thiazole rings is 1. The molecule has 2 heterocycles. The van der Waals surface area contributed by atoms with Crippen molar-refractivity contribution in [2.45, 2.75) is 20.8 Å². The molecule has 0 atom stereocenters. The number of aryl methyl sites for hydroxylation is 2. The Bertz CT molecular complexity index is 836. The quantitative estimate of drug-likeness (QED) is 0.770. The lowest BCUT2D eigenvalue weighted by molar-refractivity contribution is 0.403. The first-order valence-corrected chi connectivity index (χ1v) is 7.75. The molecular weight excluding hydrogens is 298 g/mol. The molecular formula is C16H17N3O2S. The minimum absolute atomic E-state index is 0.180. The molecule has 3 aromatic rings. The Kier molecular flexibility index (Phi) is 3.62. The molecule has 114 valence electrons. The molecule has 2 aromatic heterocycles. The van der Waals surface area contributed by atoms with E-state index in [1.165, 1.54) is 0 Å². The molecule has 0 spiro atoms. The lowest BCUT2D eigenvalue weighted by Crippen LogP contribution is -1.91. The Morgan fingerprint density at radius 2 is 2.00 bits per heavy atom. The van der Waals surface area contributed by atoms with Crippen molar-refractivity contribution in [3.63, 3.8) is 0 Å². The number of hydrogen-bond acceptors (Lipinski definition) is 5. The molecule has 0 saturated carbocycles. The normalized spacial score (nSPS) is 10.9. The highest BCUT2D eigenvalue weighted by Gasteiger charge is 2.20. The maximum absolute atomic E-state index is 10.5. The molecule has 0 unspecified atom stereocenters. The van der Waals surface area contributed by atoms with E-state index in [4.69, 9.17) is 4.74 Å². The Hall–Kier alpha value is -2.34. The van der Waals surface area contributed by atoms with Crippen LogP contribution < -0.4 is 4.74 Å². The molecule has 0 fully saturated rings. The Labute approximate surface area is 132 Å². The first-order chi connectivity index (χ1) is 10.5. The maximum atomic E-state index is 10.5. The van der Waals surface area contributed by atoms with E-state index in [0.717, 1.165) is 22.0 Å². The number of aromatic nitrogens is 3. The summed E-state index contributed by atoms with van der Waals surface area (Å²) in [4.78, 5) is 4.54. The summed E-state index contributed by atoms with van der Waals surface area (Å²) >= 11 is 1.59. The monoisotopic (exact) mass is 315 g/mol. The third kappa shape index (κ3) is 2.25. The topological polar surface area (TPSA) is 71.0 Å². The summed E-state index contributed by atoms with van der Waals surface area (Å²) in [6, 6.07) is 3.66. The van der Waals surface area contributed by atoms with Crippen LogP contribution in [0.25, 0.3) is 22.5 Å². The molecule has 0 amide bonds. The first-order valence-electron chi connectivity index (χ1n) is 6.87. The average molecular weight is 315 g/mol. The fourth-order valence-electron chi connectivity index (χ4n) is 2.51. The zero-order chi connectivity index (χ0) is 15.9. The van der Waals surface area contributed by atoms with Crippen molar-refractivity contribution in [3.05, 3.63) is 33.8 Å². The summed E-state index contributed by atoms with van der Waals surface area (Å²) in [6.07, 6.45) is 0. The number of H-pyrrole nitrogens is 1. The molecule has 0 bridgehead atoms. The van der Waals surface area contributed by atoms with Crippen molar-refractivity contribution in [2.75, 3.05) is 7.11 Å². The zero-order valence-electron chi connectivity index (χ0n) is 12.9. The van der Waals surface area contributed by atoms with Crippen molar-refractivity contribution in [3.8, 4) is 34.0 Å². The second kappa shape index (κ2) is 5.46. The molecule has 3 rings (SSSR count). The number of methoxy groups -OCH3 is 1. The van der Waals surface area contributed by atoms with Crippen LogP contribution in [0.3, 0.4) is 0 Å². The molecule has 1 aromatic carbocycles. The van der Waals surface area contributed by atoms with Gasteiger partial charge in [0.1, 0.15) is 17.2 Å². The number of nitrogens with one attached hydrogen (secondary N) is 1. The zero-order valence-corrected chi connectivity index (χ0v) is 13.7. The molecule has 22 heavy (non-hydrogen) atoms. The fraction of sp³-hybridized carbons (Fsp3) is 0.250. The lowest BCUT2D eigenvalue weighted by atomic mass is 10.0. The van der Waals surface area contributed by atoms with Gasteiger partial charge in [-0.2, -0.15) is 5.10 Å². The molecule has 0 aliphatic rings. The van der Waals surface area contributed by atoms with Gasteiger partial charge >= 0.3 is 0 Å². The van der Waals surface area contributed by atoms with Crippen molar-refractivity contribution in [1.29, 1.82) is 0 Å². The van der Waals surface area contributed by atoms with Gasteiger partial charge in [-0.3, -0.25) is 5.10 Å². The number of hydrogen-bond donors (Lipinski definition) is 2. The van der Waals surface area contributed by atoms with Crippen LogP contribution in [0.4, 0.5) is 0 Å². The highest BCUT2D eigenvalue weighted by Crippen LogP contribution is 2.41. The number of aromatic amines is 1. The molecule has 0 saturated heterocycles. The third-order valence-electron chi connectivity index (χ3n) is 3.68. The van der Waals surface area contributed by atoms with Gasteiger partial charge in [-0.15, -0.1) is 11.3 Å². The average Bonchev–Trinajstić information content (AvgIpc) is 3.08. The van der Waals surface area contributed by atoms with Gasteiger partial charge in [-0.1, -0.05) is 0 Å². The highest BCUT2D eigenvalue weighted by molar-refractivity contribution is 7.09. The Morgan fingerprint density at radius 1 is 1.23 bits per heavy atom. The highest BCUT2D eigenvalue weighted by atomic mass is 32.1. The van der Waals surface area contributed by atoms with Gasteiger partial charge in [0.15, 0.2) is 0 Å². The van der Waals surface area contributed by atoms with Crippen molar-refractivity contribution < 1.29 is 9.84 Å². The van der Waals surface area contributed by atoms with Gasteiger partial charge in [-0.05, 0) is 32.9 Å². The second-order valence-electron chi connectivity index (χ2n) is 5.11. The van der Waals surface area contributed by atoms with Crippen LogP contribution in [0, 0.1) is 20.8 Å². The predicted octanol–water partition coefficient (Wildman–Crippen LogP) is 3.84. The van der Waals surface area contributed by atoms with E-state index < -0.39 is 0 Å². The van der Waals surface area contributed by atoms with E-state index in [-0.39, 0.29) is 5.75 Å². The number of rotatable bonds is 3. The van der Waals surface area contributed by atoms with Gasteiger partial charge in [0, 0.05) is 27.8 Å². The number of phenols is 1. The predicted molar refractivity (Wildman–Crippen MR) is 87.6 cm³/mol. The fourth-order valence-corrected chi connectivity index (χ4v) is 3.11. The van der Waals surface area contributed by atoms with Crippen molar-refractivity contribution >= 4 is 11.3 Å². The van der Waals surface area contributed by atoms with Gasteiger partial charge < -0.3 is 9.84 Å². The second-order valence-corrected chi connectivity index (χ2v) is 6.18. The summed E-state index contributed by atoms with van der Waals surface area (Å²) in [5.41, 5.74) is 4.78. The van der Waals surface area contributed by atoms with Crippen LogP contribution in [0.15, 0.2) is 17.5 Å². The summed E-state index contributed by atoms with van der Waals surface area (Å²) in [5.74, 6) is 0.832. The van der Waals surface area contributed by atoms with Crippen LogP contribution in [0.1, 0.15) is 16.3 Å². The van der Waals surface area contributed by atoms with Crippen molar-refractivity contribution in [2.24, 2.45) is 0 Å². The lowest BCUT2D eigenvalue weighted by Gasteiger charge is -2.10. The van der Waals surface area contributed by atoms with Gasteiger partial charge in [0.25, 0.3) is 0 Å². The van der Waals surface area contributed by atoms with Crippen LogP contribution in [0.5, 0.6) is 11.5 Å². The maximum Gasteiger partial charge on any atom is 0.131 e. The first kappa shape index (κ1) is 14.6. The van der Waals surface area contributed by atoms with Crippen LogP contribution in [-0.4, -0.2) is 27.4 Å². The van der Waals surface area contributed by atoms with E-state index in [2.05, 4.69) is 15.2 Å². The summed E-state index contributed by atoms with van der Waals surface area (Å²) < 4.78 is 5.24. The number of benzene rings is 1. The minimum atomic E-state index is 0.180. The van der Waals surface area contributed by atoms with Crippen LogP contribution in [0.2, 0.25) is 0 Å². The molecule has 2 N–H and O–H groups in total. The van der Waals surface area contributed by atoms with Crippen LogP contribution in [-0.2, 0) is 0 Å². The smallest absolute Gasteiger partial charge is 0.131 e. The molecule has 0 radical (unpaired) electrons. The molecule has 6 heteroatoms. The van der Waals surface area contributed by atoms with Gasteiger partial charge in [-0.25, -0.2) is 4.98 Å². The minimum Gasteiger partial charge on any atom is -0.507 e. The summed E-state index contributed by atoms with van der Waals surface area (Å²) in [7, 11) is 1.59. The van der Waals surface area contributed by atoms with Crippen molar-refractivity contribution in [1.82, 2.24) is 15.2 Å². The molecule has 5 nitrogen and oxygen atoms in total. The van der Waals surface area contributed by atoms with Gasteiger partial charge in [0.2, 0.25) is 0 Å². The van der Waals surface area contributed by atoms with E-state index in [9.17, 15) is 5.11 Å². The standard InChI is InChI=1S/C16H17N3O2S/c1-8-13(21-4)6-5-11(16(8)20)15-14(9(2)18-19-15)12-7-22-10(3)17-12/h5-7,20H,1-4H3,(H,18,19). The number of ether oxygens (including phenoxy) is 1. The summed E-state index contributed by atoms with van der Waals surface area (Å²) in [6.45, 7) is 5.75. The Morgan fingerprint density at radius 3 is 2.64 bits per heavy atom. The Balaban J connectivity index is 2.21. The van der Waals surface area contributed by atoms with E-state index in [0.29, 0.717) is 22.6 Å². The number of nitrogens with zero attached hydrogens (tertiary/aromatic N) is 2. The SMILES string of the molecule is COc1ccc(-c2n[nH]c(C)c2-c2csc(C)n2)c(O)c1C. The van der Waals surface area contributed by atoms with E-state index in [1.54, 1.807) is 18.4 Å². The number of aromatic hydroxyl groups is 1. The third-order valence-corrected chi connectivity index (χ3v) is 4.45. The van der Waals surface area contributed by atoms with Crippen LogP contribution >= 0.6 is 11.3 Å². The van der Waals surface area contributed by atoms with Gasteiger partial charge in [0.05, 0.1) is 17.8 Å². The largest absolute Gasteiger partial charge is 0.507 e. The summed E-state index contributed by atoms with van der Waals surface area (Å²) in [5, 5.41) is 20.9. The van der Waals surface area contributed by atoms with E-state index in [1.807, 2.05) is 38.3 Å². The number of phenolic OH excluding ortho intramolecular Hbond substituents is 1.